The summed E-state index contributed by atoms with van der Waals surface area (Å²) in [7, 11) is 1.33. The molecule has 2 aliphatic rings. The predicted octanol–water partition coefficient (Wildman–Crippen LogP) is 7.92. The smallest absolute Gasteiger partial charge is 0.192 e. The van der Waals surface area contributed by atoms with Gasteiger partial charge in [0, 0.05) is 5.56 Å². The second-order valence-electron chi connectivity index (χ2n) is 8.92. The van der Waals surface area contributed by atoms with Gasteiger partial charge in [-0.25, -0.2) is 13.2 Å². The Morgan fingerprint density at radius 2 is 1.71 bits per heavy atom. The van der Waals surface area contributed by atoms with Crippen LogP contribution in [0.4, 0.5) is 13.2 Å². The SMILES string of the molecule is C/C=C/CCC1CCC(c2ccc(-c3ccc(C4=CC=C(OC)C(F)C4F)cc3)cc2F)OC1. The molecular weight excluding hydrogens is 437 g/mol. The Morgan fingerprint density at radius 1 is 0.971 bits per heavy atom. The quantitative estimate of drug-likeness (QED) is 0.384. The Hall–Kier alpha value is -2.79. The van der Waals surface area contributed by atoms with Crippen molar-refractivity contribution in [2.45, 2.75) is 51.1 Å². The van der Waals surface area contributed by atoms with Crippen molar-refractivity contribution in [1.82, 2.24) is 0 Å². The first-order valence-corrected chi connectivity index (χ1v) is 11.9. The number of benzene rings is 2. The van der Waals surface area contributed by atoms with E-state index in [-0.39, 0.29) is 23.3 Å². The van der Waals surface area contributed by atoms with E-state index in [4.69, 9.17) is 9.47 Å². The van der Waals surface area contributed by atoms with Crippen LogP contribution < -0.4 is 0 Å². The zero-order valence-electron chi connectivity index (χ0n) is 19.6. The van der Waals surface area contributed by atoms with Crippen molar-refractivity contribution >= 4 is 5.57 Å². The highest BCUT2D eigenvalue weighted by Gasteiger charge is 2.32. The van der Waals surface area contributed by atoms with Gasteiger partial charge in [0.05, 0.1) is 19.8 Å². The molecule has 2 aromatic rings. The van der Waals surface area contributed by atoms with Gasteiger partial charge in [0.2, 0.25) is 0 Å². The molecule has 1 saturated heterocycles. The van der Waals surface area contributed by atoms with E-state index in [1.165, 1.54) is 25.3 Å². The summed E-state index contributed by atoms with van der Waals surface area (Å²) in [6.07, 6.45) is 7.42. The summed E-state index contributed by atoms with van der Waals surface area (Å²) in [6.45, 7) is 2.69. The first-order chi connectivity index (χ1) is 16.5. The Balaban J connectivity index is 1.43. The van der Waals surface area contributed by atoms with Gasteiger partial charge in [-0.15, -0.1) is 0 Å². The molecule has 1 fully saturated rings. The molecule has 0 saturated carbocycles. The third-order valence-electron chi connectivity index (χ3n) is 6.74. The molecule has 0 radical (unpaired) electrons. The number of methoxy groups -OCH3 is 1. The van der Waals surface area contributed by atoms with Crippen LogP contribution in [0.15, 0.2) is 72.5 Å². The summed E-state index contributed by atoms with van der Waals surface area (Å²) >= 11 is 0. The number of rotatable bonds is 7. The van der Waals surface area contributed by atoms with Gasteiger partial charge in [-0.3, -0.25) is 0 Å². The lowest BCUT2D eigenvalue weighted by Gasteiger charge is -2.29. The maximum absolute atomic E-state index is 15.0. The first kappa shape index (κ1) is 24.3. The van der Waals surface area contributed by atoms with Gasteiger partial charge in [0.25, 0.3) is 0 Å². The van der Waals surface area contributed by atoms with Crippen LogP contribution in [-0.2, 0) is 9.47 Å². The minimum atomic E-state index is -1.82. The molecule has 0 aromatic heterocycles. The molecule has 1 aliphatic heterocycles. The van der Waals surface area contributed by atoms with Crippen LogP contribution in [0.1, 0.15) is 49.8 Å². The molecular formula is C29H31F3O2. The van der Waals surface area contributed by atoms with Gasteiger partial charge >= 0.3 is 0 Å². The molecule has 5 heteroatoms. The van der Waals surface area contributed by atoms with Gasteiger partial charge in [-0.2, -0.15) is 0 Å². The van der Waals surface area contributed by atoms with Crippen LogP contribution in [0.2, 0.25) is 0 Å². The minimum absolute atomic E-state index is 0.0189. The first-order valence-electron chi connectivity index (χ1n) is 11.9. The van der Waals surface area contributed by atoms with Gasteiger partial charge in [-0.1, -0.05) is 54.6 Å². The lowest BCUT2D eigenvalue weighted by atomic mass is 9.90. The summed E-state index contributed by atoms with van der Waals surface area (Å²) in [6, 6.07) is 12.3. The summed E-state index contributed by atoms with van der Waals surface area (Å²) < 4.78 is 54.6. The molecule has 0 spiro atoms. The van der Waals surface area contributed by atoms with Gasteiger partial charge < -0.3 is 9.47 Å². The van der Waals surface area contributed by atoms with E-state index in [0.29, 0.717) is 23.7 Å². The van der Waals surface area contributed by atoms with Crippen molar-refractivity contribution in [2.75, 3.05) is 13.7 Å². The number of allylic oxidation sites excluding steroid dienone is 6. The number of hydrogen-bond acceptors (Lipinski definition) is 2. The maximum atomic E-state index is 15.0. The van der Waals surface area contributed by atoms with Crippen molar-refractivity contribution in [1.29, 1.82) is 0 Å². The molecule has 1 aliphatic carbocycles. The van der Waals surface area contributed by atoms with Crippen LogP contribution in [0, 0.1) is 11.7 Å². The van der Waals surface area contributed by atoms with Gasteiger partial charge in [-0.05, 0) is 72.9 Å². The van der Waals surface area contributed by atoms with Gasteiger partial charge in [0.15, 0.2) is 12.3 Å². The fraction of sp³-hybridized carbons (Fsp3) is 0.379. The average molecular weight is 469 g/mol. The fourth-order valence-corrected chi connectivity index (χ4v) is 4.69. The number of halogens is 3. The van der Waals surface area contributed by atoms with Gasteiger partial charge in [0.1, 0.15) is 11.6 Å². The lowest BCUT2D eigenvalue weighted by molar-refractivity contribution is -0.0207. The summed E-state index contributed by atoms with van der Waals surface area (Å²) in [5.41, 5.74) is 2.98. The molecule has 180 valence electrons. The standard InChI is InChI=1S/C29H31F3O2/c1-3-4-5-6-19-7-15-26(34-18-19)24-13-12-22(17-25(24)30)20-8-10-21(11-9-20)23-14-16-27(33-2)29(32)28(23)31/h3-4,8-14,16-17,19,26,28-29H,5-7,15,18H2,1-2H3/b4-3+. The molecule has 2 aromatic carbocycles. The fourth-order valence-electron chi connectivity index (χ4n) is 4.69. The monoisotopic (exact) mass is 468 g/mol. The Kier molecular flexibility index (Phi) is 7.94. The van der Waals surface area contributed by atoms with E-state index in [1.807, 2.05) is 13.0 Å². The van der Waals surface area contributed by atoms with Crippen molar-refractivity contribution < 1.29 is 22.6 Å². The Bertz CT molecular complexity index is 1060. The van der Waals surface area contributed by atoms with Crippen molar-refractivity contribution in [3.05, 3.63) is 89.5 Å². The zero-order valence-corrected chi connectivity index (χ0v) is 19.6. The van der Waals surface area contributed by atoms with Crippen LogP contribution in [0.3, 0.4) is 0 Å². The second-order valence-corrected chi connectivity index (χ2v) is 8.92. The topological polar surface area (TPSA) is 18.5 Å². The second kappa shape index (κ2) is 11.1. The van der Waals surface area contributed by atoms with Crippen LogP contribution in [-0.4, -0.2) is 26.1 Å². The number of alkyl halides is 2. The molecule has 0 N–H and O–H groups in total. The molecule has 0 amide bonds. The molecule has 4 rings (SSSR count). The maximum Gasteiger partial charge on any atom is 0.192 e. The molecule has 2 nitrogen and oxygen atoms in total. The normalized spacial score (nSPS) is 25.2. The predicted molar refractivity (Wildman–Crippen MR) is 130 cm³/mol. The molecule has 1 heterocycles. The van der Waals surface area contributed by atoms with E-state index in [0.717, 1.165) is 36.8 Å². The van der Waals surface area contributed by atoms with E-state index in [2.05, 4.69) is 12.2 Å². The van der Waals surface area contributed by atoms with Crippen molar-refractivity contribution in [3.63, 3.8) is 0 Å². The number of ether oxygens (including phenoxy) is 2. The van der Waals surface area contributed by atoms with E-state index in [1.54, 1.807) is 30.3 Å². The summed E-state index contributed by atoms with van der Waals surface area (Å²) in [5.74, 6) is 0.227. The minimum Gasteiger partial charge on any atom is -0.498 e. The highest BCUT2D eigenvalue weighted by molar-refractivity contribution is 5.75. The van der Waals surface area contributed by atoms with Crippen molar-refractivity contribution in [2.24, 2.45) is 5.92 Å². The third kappa shape index (κ3) is 5.30. The highest BCUT2D eigenvalue weighted by Crippen LogP contribution is 2.36. The van der Waals surface area contributed by atoms with Crippen LogP contribution in [0.25, 0.3) is 16.7 Å². The largest absolute Gasteiger partial charge is 0.498 e. The number of hydrogen-bond donors (Lipinski definition) is 0. The highest BCUT2D eigenvalue weighted by atomic mass is 19.2. The molecule has 4 unspecified atom stereocenters. The molecule has 4 atom stereocenters. The summed E-state index contributed by atoms with van der Waals surface area (Å²) in [5, 5.41) is 0. The zero-order chi connectivity index (χ0) is 24.1. The van der Waals surface area contributed by atoms with Crippen molar-refractivity contribution in [3.8, 4) is 11.1 Å². The molecule has 0 bridgehead atoms. The van der Waals surface area contributed by atoms with E-state index >= 15 is 0 Å². The van der Waals surface area contributed by atoms with E-state index in [9.17, 15) is 13.2 Å². The average Bonchev–Trinajstić information content (AvgIpc) is 2.86. The Morgan fingerprint density at radius 3 is 2.35 bits per heavy atom. The van der Waals surface area contributed by atoms with Crippen LogP contribution >= 0.6 is 0 Å². The third-order valence-corrected chi connectivity index (χ3v) is 6.74. The Labute approximate surface area is 199 Å². The van der Waals surface area contributed by atoms with E-state index < -0.39 is 12.3 Å². The molecule has 34 heavy (non-hydrogen) atoms. The summed E-state index contributed by atoms with van der Waals surface area (Å²) in [4.78, 5) is 0. The van der Waals surface area contributed by atoms with Crippen LogP contribution in [0.5, 0.6) is 0 Å². The lowest BCUT2D eigenvalue weighted by Crippen LogP contribution is -2.24.